The van der Waals surface area contributed by atoms with Gasteiger partial charge in [-0.25, -0.2) is 19.3 Å². The lowest BCUT2D eigenvalue weighted by molar-refractivity contribution is -0.136. The fourth-order valence-corrected chi connectivity index (χ4v) is 4.54. The number of pyridine rings is 1. The van der Waals surface area contributed by atoms with E-state index in [1.807, 2.05) is 17.0 Å². The first-order chi connectivity index (χ1) is 15.0. The normalized spacial score (nSPS) is 17.1. The van der Waals surface area contributed by atoms with Crippen LogP contribution in [0.2, 0.25) is 5.02 Å². The Balaban J connectivity index is 1.40. The van der Waals surface area contributed by atoms with Gasteiger partial charge >= 0.3 is 0 Å². The highest BCUT2D eigenvalue weighted by atomic mass is 35.5. The van der Waals surface area contributed by atoms with Crippen LogP contribution in [-0.2, 0) is 4.79 Å². The third-order valence-corrected chi connectivity index (χ3v) is 6.26. The summed E-state index contributed by atoms with van der Waals surface area (Å²) in [4.78, 5) is 29.2. The van der Waals surface area contributed by atoms with E-state index in [0.717, 1.165) is 38.4 Å². The molecule has 2 aliphatic heterocycles. The molecule has 4 heterocycles. The van der Waals surface area contributed by atoms with E-state index in [4.69, 9.17) is 16.6 Å². The molecule has 2 aliphatic rings. The lowest BCUT2D eigenvalue weighted by Gasteiger charge is -2.47. The lowest BCUT2D eigenvalue weighted by Crippen LogP contribution is -2.59. The Hall–Kier alpha value is -3.26. The van der Waals surface area contributed by atoms with Gasteiger partial charge in [-0.15, -0.1) is 0 Å². The molecule has 7 nitrogen and oxygen atoms in total. The molecule has 2 fully saturated rings. The maximum atomic E-state index is 14.4. The first-order valence-electron chi connectivity index (χ1n) is 9.97. The van der Waals surface area contributed by atoms with Gasteiger partial charge < -0.3 is 15.1 Å². The van der Waals surface area contributed by atoms with Gasteiger partial charge in [0.2, 0.25) is 5.91 Å². The lowest BCUT2D eigenvalue weighted by atomic mass is 9.79. The molecule has 0 atom stereocenters. The van der Waals surface area contributed by atoms with Gasteiger partial charge in [-0.3, -0.25) is 4.79 Å². The van der Waals surface area contributed by atoms with Gasteiger partial charge in [-0.05, 0) is 36.8 Å². The van der Waals surface area contributed by atoms with E-state index in [0.29, 0.717) is 16.9 Å². The number of amides is 1. The number of benzene rings is 1. The number of halogens is 2. The smallest absolute Gasteiger partial charge is 0.245 e. The van der Waals surface area contributed by atoms with Gasteiger partial charge in [-0.2, -0.15) is 0 Å². The Labute approximate surface area is 183 Å². The van der Waals surface area contributed by atoms with E-state index in [2.05, 4.69) is 26.8 Å². The largest absolute Gasteiger partial charge is 0.356 e. The standard InChI is InChI=1S/C22H20ClFN6O/c1-2-18(31)30-11-22(12-30)8-9-29(10-22)17-7-6-16-20(28-17)21(26-13-25-16)27-15-5-3-4-14(23)19(15)24/h2-7,13H,1,8-12H2,(H,25,26,27). The summed E-state index contributed by atoms with van der Waals surface area (Å²) in [6.45, 7) is 6.72. The number of nitrogens with one attached hydrogen (secondary N) is 1. The number of rotatable bonds is 4. The number of fused-ring (bicyclic) bond motifs is 1. The van der Waals surface area contributed by atoms with E-state index in [-0.39, 0.29) is 22.0 Å². The van der Waals surface area contributed by atoms with Crippen LogP contribution >= 0.6 is 11.6 Å². The molecular weight excluding hydrogens is 419 g/mol. The molecule has 2 saturated heterocycles. The van der Waals surface area contributed by atoms with Crippen molar-refractivity contribution in [2.45, 2.75) is 6.42 Å². The summed E-state index contributed by atoms with van der Waals surface area (Å²) in [6, 6.07) is 8.57. The predicted molar refractivity (Wildman–Crippen MR) is 118 cm³/mol. The van der Waals surface area contributed by atoms with Gasteiger partial charge in [0.05, 0.1) is 16.2 Å². The zero-order valence-corrected chi connectivity index (χ0v) is 17.4. The van der Waals surface area contributed by atoms with Gasteiger partial charge in [0.15, 0.2) is 11.6 Å². The first kappa shape index (κ1) is 19.7. The summed E-state index contributed by atoms with van der Waals surface area (Å²) < 4.78 is 14.4. The molecule has 0 aliphatic carbocycles. The van der Waals surface area contributed by atoms with Crippen LogP contribution in [0.3, 0.4) is 0 Å². The van der Waals surface area contributed by atoms with Crippen molar-refractivity contribution in [3.05, 3.63) is 60.2 Å². The molecule has 31 heavy (non-hydrogen) atoms. The van der Waals surface area contributed by atoms with Crippen LogP contribution in [0.5, 0.6) is 0 Å². The highest BCUT2D eigenvalue weighted by Gasteiger charge is 2.49. The maximum Gasteiger partial charge on any atom is 0.245 e. The van der Waals surface area contributed by atoms with Gasteiger partial charge in [0.1, 0.15) is 17.7 Å². The van der Waals surface area contributed by atoms with Crippen LogP contribution in [0.15, 0.2) is 49.3 Å². The second kappa shape index (κ2) is 7.46. The Morgan fingerprint density at radius 2 is 2.06 bits per heavy atom. The molecule has 0 bridgehead atoms. The summed E-state index contributed by atoms with van der Waals surface area (Å²) in [7, 11) is 0. The summed E-state index contributed by atoms with van der Waals surface area (Å²) in [5.41, 5.74) is 1.54. The monoisotopic (exact) mass is 438 g/mol. The Kier molecular flexibility index (Phi) is 4.74. The van der Waals surface area contributed by atoms with Crippen molar-refractivity contribution in [2.24, 2.45) is 5.41 Å². The van der Waals surface area contributed by atoms with Crippen molar-refractivity contribution in [1.29, 1.82) is 0 Å². The molecule has 0 radical (unpaired) electrons. The fourth-order valence-electron chi connectivity index (χ4n) is 4.36. The van der Waals surface area contributed by atoms with Gasteiger partial charge in [0, 0.05) is 31.6 Å². The minimum Gasteiger partial charge on any atom is -0.356 e. The van der Waals surface area contributed by atoms with E-state index in [1.165, 1.54) is 18.5 Å². The maximum absolute atomic E-state index is 14.4. The molecule has 0 unspecified atom stereocenters. The predicted octanol–water partition coefficient (Wildman–Crippen LogP) is 3.79. The highest BCUT2D eigenvalue weighted by molar-refractivity contribution is 6.31. The van der Waals surface area contributed by atoms with Gasteiger partial charge in [0.25, 0.3) is 0 Å². The van der Waals surface area contributed by atoms with Crippen LogP contribution in [0.4, 0.5) is 21.7 Å². The van der Waals surface area contributed by atoms with Crippen LogP contribution in [-0.4, -0.2) is 51.9 Å². The highest BCUT2D eigenvalue weighted by Crippen LogP contribution is 2.41. The topological polar surface area (TPSA) is 74.2 Å². The molecule has 5 rings (SSSR count). The number of carbonyl (C=O) groups excluding carboxylic acids is 1. The number of hydrogen-bond donors (Lipinski definition) is 1. The molecule has 2 aromatic heterocycles. The van der Waals surface area contributed by atoms with Crippen molar-refractivity contribution >= 4 is 45.9 Å². The summed E-state index contributed by atoms with van der Waals surface area (Å²) in [5.74, 6) is 0.654. The quantitative estimate of drug-likeness (QED) is 0.625. The average Bonchev–Trinajstić information content (AvgIpc) is 3.21. The molecular formula is C22H20ClFN6O. The van der Waals surface area contributed by atoms with Crippen LogP contribution < -0.4 is 10.2 Å². The molecule has 0 saturated carbocycles. The summed E-state index contributed by atoms with van der Waals surface area (Å²) >= 11 is 5.89. The van der Waals surface area contributed by atoms with Crippen molar-refractivity contribution in [2.75, 3.05) is 36.4 Å². The average molecular weight is 439 g/mol. The van der Waals surface area contributed by atoms with Crippen LogP contribution in [0, 0.1) is 11.2 Å². The number of hydrogen-bond acceptors (Lipinski definition) is 6. The fraction of sp³-hybridized carbons (Fsp3) is 0.273. The number of aromatic nitrogens is 3. The Morgan fingerprint density at radius 1 is 1.23 bits per heavy atom. The van der Waals surface area contributed by atoms with Crippen molar-refractivity contribution in [1.82, 2.24) is 19.9 Å². The molecule has 158 valence electrons. The van der Waals surface area contributed by atoms with E-state index in [9.17, 15) is 9.18 Å². The zero-order chi connectivity index (χ0) is 21.6. The minimum absolute atomic E-state index is 0.0194. The Bertz CT molecular complexity index is 1200. The summed E-state index contributed by atoms with van der Waals surface area (Å²) in [6.07, 6.45) is 3.78. The molecule has 1 spiro atoms. The second-order valence-corrected chi connectivity index (χ2v) is 8.46. The minimum atomic E-state index is -0.544. The van der Waals surface area contributed by atoms with Crippen LogP contribution in [0.1, 0.15) is 6.42 Å². The number of anilines is 3. The number of carbonyl (C=O) groups is 1. The Morgan fingerprint density at radius 3 is 2.87 bits per heavy atom. The van der Waals surface area contributed by atoms with E-state index < -0.39 is 5.82 Å². The van der Waals surface area contributed by atoms with E-state index in [1.54, 1.807) is 12.1 Å². The number of nitrogens with zero attached hydrogens (tertiary/aromatic N) is 5. The van der Waals surface area contributed by atoms with Crippen molar-refractivity contribution in [3.8, 4) is 0 Å². The molecule has 9 heteroatoms. The molecule has 1 amide bonds. The molecule has 1 aromatic carbocycles. The van der Waals surface area contributed by atoms with E-state index >= 15 is 0 Å². The van der Waals surface area contributed by atoms with Gasteiger partial charge in [-0.1, -0.05) is 24.2 Å². The number of likely N-dealkylation sites (tertiary alicyclic amines) is 1. The third kappa shape index (κ3) is 3.46. The zero-order valence-electron chi connectivity index (χ0n) is 16.7. The van der Waals surface area contributed by atoms with Crippen molar-refractivity contribution < 1.29 is 9.18 Å². The van der Waals surface area contributed by atoms with Crippen molar-refractivity contribution in [3.63, 3.8) is 0 Å². The SMILES string of the molecule is C=CC(=O)N1CC2(CCN(c3ccc4ncnc(Nc5cccc(Cl)c5F)c4n3)C2)C1. The molecule has 3 aromatic rings. The van der Waals surface area contributed by atoms with Crippen LogP contribution in [0.25, 0.3) is 11.0 Å². The second-order valence-electron chi connectivity index (χ2n) is 8.06. The molecule has 1 N–H and O–H groups in total. The first-order valence-corrected chi connectivity index (χ1v) is 10.3. The summed E-state index contributed by atoms with van der Waals surface area (Å²) in [5, 5.41) is 3.02. The third-order valence-electron chi connectivity index (χ3n) is 5.97.